The van der Waals surface area contributed by atoms with Gasteiger partial charge in [0.2, 0.25) is 0 Å². The lowest BCUT2D eigenvalue weighted by Crippen LogP contribution is -2.68. The highest BCUT2D eigenvalue weighted by atomic mass is 31.2. The van der Waals surface area contributed by atoms with Gasteiger partial charge in [-0.3, -0.25) is 19.2 Å². The lowest BCUT2D eigenvalue weighted by Gasteiger charge is -2.45. The summed E-state index contributed by atoms with van der Waals surface area (Å²) in [7, 11) is -2.81. The highest BCUT2D eigenvalue weighted by molar-refractivity contribution is 7.54. The third-order valence-corrected chi connectivity index (χ3v) is 6.58. The van der Waals surface area contributed by atoms with Gasteiger partial charge in [0.1, 0.15) is 23.4 Å². The molecule has 0 N–H and O–H groups in total. The van der Waals surface area contributed by atoms with Gasteiger partial charge in [-0.05, 0) is 55.4 Å². The summed E-state index contributed by atoms with van der Waals surface area (Å²) in [5.41, 5.74) is -1.79. The second-order valence-corrected chi connectivity index (χ2v) is 11.9. The van der Waals surface area contributed by atoms with Crippen LogP contribution in [0.2, 0.25) is 0 Å². The van der Waals surface area contributed by atoms with Crippen molar-refractivity contribution in [2.45, 2.75) is 78.7 Å². The number of ketones is 1. The highest BCUT2D eigenvalue weighted by Crippen LogP contribution is 2.48. The predicted molar refractivity (Wildman–Crippen MR) is 126 cm³/mol. The molecule has 1 fully saturated rings. The molecule has 12 nitrogen and oxygen atoms in total. The first-order valence-corrected chi connectivity index (χ1v) is 13.2. The van der Waals surface area contributed by atoms with Crippen LogP contribution < -0.4 is 0 Å². The molecule has 0 spiro atoms. The van der Waals surface area contributed by atoms with E-state index in [2.05, 4.69) is 0 Å². The Hall–Kier alpha value is -2.17. The minimum Gasteiger partial charge on any atom is -0.467 e. The topological polar surface area (TPSA) is 138 Å². The van der Waals surface area contributed by atoms with Crippen molar-refractivity contribution < 1.29 is 47.0 Å². The summed E-state index contributed by atoms with van der Waals surface area (Å²) in [5.74, 6) is -1.77. The number of methoxy groups -OCH3 is 1. The quantitative estimate of drug-likeness (QED) is 0.265. The molecule has 35 heavy (non-hydrogen) atoms. The molecule has 0 aliphatic carbocycles. The lowest BCUT2D eigenvalue weighted by atomic mass is 9.98. The molecule has 202 valence electrons. The Bertz CT molecular complexity index is 823. The number of carbonyl (C=O) groups is 4. The minimum absolute atomic E-state index is 0.00939. The van der Waals surface area contributed by atoms with E-state index in [9.17, 15) is 23.7 Å². The van der Waals surface area contributed by atoms with E-state index in [0.29, 0.717) is 0 Å². The Morgan fingerprint density at radius 1 is 0.800 bits per heavy atom. The van der Waals surface area contributed by atoms with Crippen molar-refractivity contribution in [3.05, 3.63) is 0 Å². The molecule has 0 bridgehead atoms. The van der Waals surface area contributed by atoms with Crippen molar-refractivity contribution in [3.8, 4) is 0 Å². The SMILES string of the molecule is CCOP(=O)(CC(=O)C1C(C(=O)OC)N(C(=O)OC(C)(C)C)CCN1C(=O)OC(C)(C)C)OCC. The van der Waals surface area contributed by atoms with Crippen LogP contribution in [0, 0.1) is 0 Å². The van der Waals surface area contributed by atoms with Gasteiger partial charge in [-0.15, -0.1) is 0 Å². The summed E-state index contributed by atoms with van der Waals surface area (Å²) < 4.78 is 39.3. The first kappa shape index (κ1) is 30.9. The van der Waals surface area contributed by atoms with Gasteiger partial charge in [0, 0.05) is 13.1 Å². The van der Waals surface area contributed by atoms with Crippen LogP contribution in [-0.2, 0) is 37.4 Å². The second-order valence-electron chi connectivity index (χ2n) is 9.83. The van der Waals surface area contributed by atoms with Crippen molar-refractivity contribution in [2.75, 3.05) is 39.6 Å². The van der Waals surface area contributed by atoms with Gasteiger partial charge in [-0.2, -0.15) is 0 Å². The first-order valence-electron chi connectivity index (χ1n) is 11.5. The molecule has 0 aromatic rings. The number of carbonyl (C=O) groups excluding carboxylic acids is 4. The zero-order valence-corrected chi connectivity index (χ0v) is 23.0. The van der Waals surface area contributed by atoms with Gasteiger partial charge in [0.25, 0.3) is 0 Å². The molecule has 0 aromatic carbocycles. The van der Waals surface area contributed by atoms with Crippen molar-refractivity contribution in [2.24, 2.45) is 0 Å². The summed E-state index contributed by atoms with van der Waals surface area (Å²) in [5, 5.41) is 0. The van der Waals surface area contributed by atoms with Crippen molar-refractivity contribution in [1.82, 2.24) is 9.80 Å². The maximum atomic E-state index is 13.6. The Morgan fingerprint density at radius 2 is 1.20 bits per heavy atom. The van der Waals surface area contributed by atoms with E-state index in [0.717, 1.165) is 16.9 Å². The molecular weight excluding hydrogens is 483 g/mol. The van der Waals surface area contributed by atoms with Crippen LogP contribution in [0.1, 0.15) is 55.4 Å². The molecule has 2 unspecified atom stereocenters. The maximum absolute atomic E-state index is 13.6. The Kier molecular flexibility index (Phi) is 10.7. The fourth-order valence-corrected chi connectivity index (χ4v) is 5.03. The van der Waals surface area contributed by atoms with Crippen LogP contribution >= 0.6 is 7.60 Å². The molecule has 2 atom stereocenters. The summed E-state index contributed by atoms with van der Waals surface area (Å²) in [6.45, 7) is 12.8. The zero-order chi connectivity index (χ0) is 27.2. The van der Waals surface area contributed by atoms with Crippen molar-refractivity contribution in [3.63, 3.8) is 0 Å². The molecule has 1 heterocycles. The van der Waals surface area contributed by atoms with Crippen LogP contribution in [0.4, 0.5) is 9.59 Å². The van der Waals surface area contributed by atoms with Crippen molar-refractivity contribution in [1.29, 1.82) is 0 Å². The molecule has 0 radical (unpaired) electrons. The Morgan fingerprint density at radius 3 is 1.54 bits per heavy atom. The average molecular weight is 523 g/mol. The number of amides is 2. The van der Waals surface area contributed by atoms with Crippen LogP contribution in [0.5, 0.6) is 0 Å². The number of hydrogen-bond donors (Lipinski definition) is 0. The lowest BCUT2D eigenvalue weighted by molar-refractivity contribution is -0.155. The maximum Gasteiger partial charge on any atom is 0.411 e. The molecule has 0 aromatic heterocycles. The van der Waals surface area contributed by atoms with Gasteiger partial charge >= 0.3 is 25.8 Å². The van der Waals surface area contributed by atoms with Crippen LogP contribution in [0.25, 0.3) is 0 Å². The fourth-order valence-electron chi connectivity index (χ4n) is 3.42. The summed E-state index contributed by atoms with van der Waals surface area (Å²) in [4.78, 5) is 54.5. The minimum atomic E-state index is -3.90. The third kappa shape index (κ3) is 9.09. The number of hydrogen-bond acceptors (Lipinski definition) is 10. The van der Waals surface area contributed by atoms with Gasteiger partial charge in [-0.25, -0.2) is 14.4 Å². The molecule has 1 aliphatic heterocycles. The number of piperazine rings is 1. The molecule has 2 amide bonds. The number of ether oxygens (including phenoxy) is 3. The number of Topliss-reactive ketones (excluding diaryl/α,β-unsaturated/α-hetero) is 1. The largest absolute Gasteiger partial charge is 0.467 e. The molecule has 1 saturated heterocycles. The summed E-state index contributed by atoms with van der Waals surface area (Å²) >= 11 is 0. The van der Waals surface area contributed by atoms with E-state index in [4.69, 9.17) is 23.3 Å². The van der Waals surface area contributed by atoms with Crippen LogP contribution in [0.3, 0.4) is 0 Å². The summed E-state index contributed by atoms with van der Waals surface area (Å²) in [6, 6.07) is -3.15. The van der Waals surface area contributed by atoms with E-state index < -0.39 is 61.0 Å². The van der Waals surface area contributed by atoms with Gasteiger partial charge in [0.05, 0.1) is 20.3 Å². The first-order chi connectivity index (χ1) is 16.0. The predicted octanol–water partition coefficient (Wildman–Crippen LogP) is 3.22. The highest BCUT2D eigenvalue weighted by Gasteiger charge is 2.52. The Balaban J connectivity index is 3.54. The smallest absolute Gasteiger partial charge is 0.411 e. The second kappa shape index (κ2) is 12.2. The zero-order valence-electron chi connectivity index (χ0n) is 22.1. The van der Waals surface area contributed by atoms with Crippen molar-refractivity contribution >= 4 is 31.5 Å². The van der Waals surface area contributed by atoms with Crippen LogP contribution in [-0.4, -0.2) is 96.6 Å². The number of rotatable bonds is 8. The molecular formula is C22H39N2O10P. The number of esters is 1. The summed E-state index contributed by atoms with van der Waals surface area (Å²) in [6.07, 6.45) is -2.47. The van der Waals surface area contributed by atoms with Gasteiger partial charge in [0.15, 0.2) is 11.8 Å². The van der Waals surface area contributed by atoms with E-state index in [1.54, 1.807) is 55.4 Å². The fraction of sp³-hybridized carbons (Fsp3) is 0.818. The van der Waals surface area contributed by atoms with E-state index in [-0.39, 0.29) is 26.3 Å². The van der Waals surface area contributed by atoms with E-state index >= 15 is 0 Å². The number of nitrogens with zero attached hydrogens (tertiary/aromatic N) is 2. The van der Waals surface area contributed by atoms with Gasteiger partial charge in [-0.1, -0.05) is 0 Å². The van der Waals surface area contributed by atoms with Gasteiger partial charge < -0.3 is 23.3 Å². The third-order valence-electron chi connectivity index (χ3n) is 4.58. The molecule has 0 saturated carbocycles. The van der Waals surface area contributed by atoms with E-state index in [1.165, 1.54) is 0 Å². The van der Waals surface area contributed by atoms with E-state index in [1.807, 2.05) is 0 Å². The average Bonchev–Trinajstić information content (AvgIpc) is 2.69. The standard InChI is InChI=1S/C22H39N2O10P/c1-10-31-35(29,32-11-2)14-15(25)16-17(18(26)30-9)24(20(28)34-22(6,7)8)13-12-23(16)19(27)33-21(3,4)5/h16-17H,10-14H2,1-9H3. The monoisotopic (exact) mass is 522 g/mol. The Labute approximate surface area is 207 Å². The molecule has 1 aliphatic rings. The van der Waals surface area contributed by atoms with Crippen LogP contribution in [0.15, 0.2) is 0 Å². The molecule has 13 heteroatoms. The normalized spacial score (nSPS) is 19.2. The molecule has 1 rings (SSSR count).